The number of carboxylic acids is 1. The standard InChI is InChI=1S/C15H24N6O6S/c1-7(12(23)21-11(4-22)15(26)27)19-14(25)10(2-8-3-17-6-18-8)20-13(24)9(16)5-28/h3,6-7,9-11,22,28H,2,4-5,16H2,1H3,(H,17,18)(H,19,25)(H,20,24)(H,21,23)(H,26,27). The predicted molar refractivity (Wildman–Crippen MR) is 100 cm³/mol. The zero-order chi connectivity index (χ0) is 21.3. The van der Waals surface area contributed by atoms with E-state index < -0.39 is 54.5 Å². The van der Waals surface area contributed by atoms with Crippen LogP contribution in [0.25, 0.3) is 0 Å². The van der Waals surface area contributed by atoms with E-state index in [0.29, 0.717) is 5.69 Å². The van der Waals surface area contributed by atoms with Gasteiger partial charge in [-0.1, -0.05) is 0 Å². The van der Waals surface area contributed by atoms with Gasteiger partial charge in [-0.3, -0.25) is 14.4 Å². The maximum atomic E-state index is 12.6. The SMILES string of the molecule is CC(NC(=O)C(Cc1cnc[nH]1)NC(=O)C(N)CS)C(=O)NC(CO)C(=O)O. The van der Waals surface area contributed by atoms with Crippen molar-refractivity contribution < 1.29 is 29.4 Å². The highest BCUT2D eigenvalue weighted by Gasteiger charge is 2.28. The molecule has 4 unspecified atom stereocenters. The number of aliphatic carboxylic acids is 1. The Morgan fingerprint density at radius 3 is 2.32 bits per heavy atom. The van der Waals surface area contributed by atoms with E-state index in [0.717, 1.165) is 0 Å². The van der Waals surface area contributed by atoms with Gasteiger partial charge in [-0.05, 0) is 6.92 Å². The summed E-state index contributed by atoms with van der Waals surface area (Å²) < 4.78 is 0. The van der Waals surface area contributed by atoms with Crippen LogP contribution in [-0.4, -0.2) is 80.4 Å². The van der Waals surface area contributed by atoms with Gasteiger partial charge in [0.25, 0.3) is 0 Å². The van der Waals surface area contributed by atoms with E-state index >= 15 is 0 Å². The van der Waals surface area contributed by atoms with Gasteiger partial charge in [0, 0.05) is 24.1 Å². The lowest BCUT2D eigenvalue weighted by atomic mass is 10.1. The van der Waals surface area contributed by atoms with Crippen LogP contribution < -0.4 is 21.7 Å². The predicted octanol–water partition coefficient (Wildman–Crippen LogP) is -3.24. The average Bonchev–Trinajstić information content (AvgIpc) is 3.17. The van der Waals surface area contributed by atoms with Crippen LogP contribution in [-0.2, 0) is 25.6 Å². The van der Waals surface area contributed by atoms with Crippen LogP contribution in [0.5, 0.6) is 0 Å². The number of H-pyrrole nitrogens is 1. The van der Waals surface area contributed by atoms with Crippen molar-refractivity contribution in [3.8, 4) is 0 Å². The molecule has 0 bridgehead atoms. The van der Waals surface area contributed by atoms with E-state index in [2.05, 4.69) is 38.5 Å². The molecule has 12 nitrogen and oxygen atoms in total. The Labute approximate surface area is 166 Å². The molecule has 28 heavy (non-hydrogen) atoms. The molecule has 0 aromatic carbocycles. The lowest BCUT2D eigenvalue weighted by Crippen LogP contribution is -2.57. The van der Waals surface area contributed by atoms with Crippen molar-refractivity contribution in [2.24, 2.45) is 5.73 Å². The molecule has 4 atom stereocenters. The highest BCUT2D eigenvalue weighted by atomic mass is 32.1. The number of thiol groups is 1. The van der Waals surface area contributed by atoms with Crippen LogP contribution in [0.4, 0.5) is 0 Å². The van der Waals surface area contributed by atoms with Crippen LogP contribution >= 0.6 is 12.6 Å². The van der Waals surface area contributed by atoms with Crippen LogP contribution in [0.1, 0.15) is 12.6 Å². The van der Waals surface area contributed by atoms with E-state index in [9.17, 15) is 19.2 Å². The highest BCUT2D eigenvalue weighted by Crippen LogP contribution is 2.01. The van der Waals surface area contributed by atoms with Gasteiger partial charge < -0.3 is 36.9 Å². The zero-order valence-corrected chi connectivity index (χ0v) is 16.0. The summed E-state index contributed by atoms with van der Waals surface area (Å²) in [7, 11) is 0. The number of nitrogens with two attached hydrogens (primary N) is 1. The van der Waals surface area contributed by atoms with Crippen LogP contribution in [0.3, 0.4) is 0 Å². The minimum atomic E-state index is -1.50. The third-order valence-electron chi connectivity index (χ3n) is 3.69. The van der Waals surface area contributed by atoms with Crippen molar-refractivity contribution in [1.82, 2.24) is 25.9 Å². The fourth-order valence-corrected chi connectivity index (χ4v) is 2.21. The van der Waals surface area contributed by atoms with Gasteiger partial charge in [-0.15, -0.1) is 0 Å². The summed E-state index contributed by atoms with van der Waals surface area (Å²) in [5, 5.41) is 24.8. The quantitative estimate of drug-likeness (QED) is 0.172. The molecular formula is C15H24N6O6S. The largest absolute Gasteiger partial charge is 0.480 e. The summed E-state index contributed by atoms with van der Waals surface area (Å²) in [6.45, 7) is 0.528. The van der Waals surface area contributed by atoms with E-state index in [-0.39, 0.29) is 12.2 Å². The van der Waals surface area contributed by atoms with Crippen molar-refractivity contribution in [3.05, 3.63) is 18.2 Å². The molecule has 8 N–H and O–H groups in total. The molecule has 1 heterocycles. The second-order valence-corrected chi connectivity index (χ2v) is 6.31. The first-order chi connectivity index (χ1) is 13.2. The molecule has 1 aromatic heterocycles. The number of carbonyl (C=O) groups is 4. The van der Waals surface area contributed by atoms with Gasteiger partial charge in [0.1, 0.15) is 18.1 Å². The third kappa shape index (κ3) is 7.17. The van der Waals surface area contributed by atoms with Crippen LogP contribution in [0.15, 0.2) is 12.5 Å². The Morgan fingerprint density at radius 1 is 1.18 bits per heavy atom. The monoisotopic (exact) mass is 416 g/mol. The van der Waals surface area contributed by atoms with Gasteiger partial charge in [-0.25, -0.2) is 9.78 Å². The van der Waals surface area contributed by atoms with E-state index in [4.69, 9.17) is 15.9 Å². The van der Waals surface area contributed by atoms with Gasteiger partial charge in [0.15, 0.2) is 0 Å². The van der Waals surface area contributed by atoms with Crippen molar-refractivity contribution in [2.75, 3.05) is 12.4 Å². The molecule has 3 amide bonds. The summed E-state index contributed by atoms with van der Waals surface area (Å²) in [5.41, 5.74) is 6.16. The third-order valence-corrected chi connectivity index (χ3v) is 4.09. The molecular weight excluding hydrogens is 392 g/mol. The number of hydrogen-bond donors (Lipinski definition) is 8. The number of nitrogens with zero attached hydrogens (tertiary/aromatic N) is 1. The number of carboxylic acid groups (broad SMARTS) is 1. The van der Waals surface area contributed by atoms with Gasteiger partial charge in [0.2, 0.25) is 17.7 Å². The summed E-state index contributed by atoms with van der Waals surface area (Å²) >= 11 is 3.93. The number of aromatic amines is 1. The maximum Gasteiger partial charge on any atom is 0.328 e. The normalized spacial score (nSPS) is 15.0. The number of nitrogens with one attached hydrogen (secondary N) is 4. The minimum absolute atomic E-state index is 0.0552. The molecule has 1 rings (SSSR count). The first-order valence-corrected chi connectivity index (χ1v) is 8.91. The minimum Gasteiger partial charge on any atom is -0.480 e. The number of aromatic nitrogens is 2. The van der Waals surface area contributed by atoms with Gasteiger partial charge in [0.05, 0.1) is 19.0 Å². The van der Waals surface area contributed by atoms with Crippen molar-refractivity contribution in [2.45, 2.75) is 37.5 Å². The Balaban J connectivity index is 2.79. The van der Waals surface area contributed by atoms with Gasteiger partial charge in [-0.2, -0.15) is 12.6 Å². The topological polar surface area (TPSA) is 200 Å². The average molecular weight is 416 g/mol. The molecule has 0 fully saturated rings. The van der Waals surface area contributed by atoms with Crippen LogP contribution in [0, 0.1) is 0 Å². The smallest absolute Gasteiger partial charge is 0.328 e. The first kappa shape index (κ1) is 23.4. The molecule has 13 heteroatoms. The molecule has 0 aliphatic rings. The molecule has 0 aliphatic carbocycles. The first-order valence-electron chi connectivity index (χ1n) is 8.28. The second-order valence-electron chi connectivity index (χ2n) is 5.94. The molecule has 0 spiro atoms. The Kier molecular flexibility index (Phi) is 9.41. The molecule has 156 valence electrons. The Bertz CT molecular complexity index is 685. The van der Waals surface area contributed by atoms with E-state index in [1.165, 1.54) is 19.4 Å². The number of hydrogen-bond acceptors (Lipinski definition) is 8. The molecule has 0 aliphatic heterocycles. The Morgan fingerprint density at radius 2 is 1.82 bits per heavy atom. The summed E-state index contributed by atoms with van der Waals surface area (Å²) in [5.74, 6) is -3.44. The lowest BCUT2D eigenvalue weighted by Gasteiger charge is -2.22. The van der Waals surface area contributed by atoms with Crippen molar-refractivity contribution >= 4 is 36.3 Å². The molecule has 0 saturated carbocycles. The zero-order valence-electron chi connectivity index (χ0n) is 15.1. The molecule has 1 aromatic rings. The second kappa shape index (κ2) is 11.3. The highest BCUT2D eigenvalue weighted by molar-refractivity contribution is 7.80. The van der Waals surface area contributed by atoms with Crippen molar-refractivity contribution in [3.63, 3.8) is 0 Å². The van der Waals surface area contributed by atoms with Crippen molar-refractivity contribution in [1.29, 1.82) is 0 Å². The van der Waals surface area contributed by atoms with E-state index in [1.54, 1.807) is 0 Å². The summed E-state index contributed by atoms with van der Waals surface area (Å²) in [6.07, 6.45) is 2.93. The summed E-state index contributed by atoms with van der Waals surface area (Å²) in [4.78, 5) is 54.1. The van der Waals surface area contributed by atoms with Crippen LogP contribution in [0.2, 0.25) is 0 Å². The number of amides is 3. The number of carbonyl (C=O) groups excluding carboxylic acids is 3. The number of imidazole rings is 1. The Hall–Kier alpha value is -2.64. The molecule has 0 saturated heterocycles. The number of rotatable bonds is 11. The number of aliphatic hydroxyl groups excluding tert-OH is 1. The fraction of sp³-hybridized carbons (Fsp3) is 0.533. The maximum absolute atomic E-state index is 12.6. The molecule has 0 radical (unpaired) electrons. The lowest BCUT2D eigenvalue weighted by molar-refractivity contribution is -0.143. The fourth-order valence-electron chi connectivity index (χ4n) is 2.05. The number of aliphatic hydroxyl groups is 1. The van der Waals surface area contributed by atoms with Gasteiger partial charge >= 0.3 is 5.97 Å². The van der Waals surface area contributed by atoms with E-state index in [1.807, 2.05) is 0 Å². The summed E-state index contributed by atoms with van der Waals surface area (Å²) in [6, 6.07) is -4.62.